The number of hydrogen-bond donors (Lipinski definition) is 1. The first kappa shape index (κ1) is 15.1. The summed E-state index contributed by atoms with van der Waals surface area (Å²) in [6, 6.07) is 7.94. The van der Waals surface area contributed by atoms with Crippen molar-refractivity contribution in [2.24, 2.45) is 11.8 Å². The molecule has 1 heteroatoms. The summed E-state index contributed by atoms with van der Waals surface area (Å²) in [6.07, 6.45) is 8.41. The molecule has 0 aromatic heterocycles. The Hall–Kier alpha value is -0.820. The largest absolute Gasteiger partial charge is 0.314 e. The Labute approximate surface area is 130 Å². The zero-order valence-electron chi connectivity index (χ0n) is 14.0. The summed E-state index contributed by atoms with van der Waals surface area (Å²) in [6.45, 7) is 8.12. The van der Waals surface area contributed by atoms with Crippen LogP contribution in [0.4, 0.5) is 0 Å². The van der Waals surface area contributed by atoms with Crippen LogP contribution in [0.15, 0.2) is 18.2 Å². The third kappa shape index (κ3) is 3.69. The first-order valence-corrected chi connectivity index (χ1v) is 8.98. The summed E-state index contributed by atoms with van der Waals surface area (Å²) in [7, 11) is 0. The molecule has 1 aromatic carbocycles. The normalized spacial score (nSPS) is 29.6. The summed E-state index contributed by atoms with van der Waals surface area (Å²) >= 11 is 0. The Morgan fingerprint density at radius 2 is 1.90 bits per heavy atom. The monoisotopic (exact) mass is 285 g/mol. The lowest BCUT2D eigenvalue weighted by atomic mass is 9.69. The summed E-state index contributed by atoms with van der Waals surface area (Å²) < 4.78 is 0. The van der Waals surface area contributed by atoms with Gasteiger partial charge >= 0.3 is 0 Å². The van der Waals surface area contributed by atoms with Crippen LogP contribution in [0.5, 0.6) is 0 Å². The lowest BCUT2D eigenvalue weighted by Crippen LogP contribution is -2.33. The van der Waals surface area contributed by atoms with Crippen molar-refractivity contribution in [3.8, 4) is 0 Å². The molecule has 21 heavy (non-hydrogen) atoms. The molecule has 1 nitrogen and oxygen atoms in total. The minimum Gasteiger partial charge on any atom is -0.314 e. The number of nitrogens with one attached hydrogen (secondary N) is 1. The molecule has 0 radical (unpaired) electrons. The number of benzene rings is 1. The molecule has 0 heterocycles. The average molecular weight is 285 g/mol. The van der Waals surface area contributed by atoms with Gasteiger partial charge in [0.2, 0.25) is 0 Å². The van der Waals surface area contributed by atoms with E-state index < -0.39 is 0 Å². The highest BCUT2D eigenvalue weighted by Gasteiger charge is 2.32. The summed E-state index contributed by atoms with van der Waals surface area (Å²) in [5.41, 5.74) is 4.53. The summed E-state index contributed by atoms with van der Waals surface area (Å²) in [5.74, 6) is 2.55. The molecule has 0 saturated heterocycles. The van der Waals surface area contributed by atoms with Crippen LogP contribution >= 0.6 is 0 Å². The SMILES string of the molecule is CCC1CCC(CNC2CC2)C(c2ccc(C)cc2C)C1. The highest BCUT2D eigenvalue weighted by Crippen LogP contribution is 2.42. The zero-order valence-corrected chi connectivity index (χ0v) is 14.0. The Kier molecular flexibility index (Phi) is 4.69. The van der Waals surface area contributed by atoms with Gasteiger partial charge in [0, 0.05) is 6.04 Å². The molecule has 0 aliphatic heterocycles. The molecule has 2 fully saturated rings. The van der Waals surface area contributed by atoms with Gasteiger partial charge in [-0.05, 0) is 75.0 Å². The van der Waals surface area contributed by atoms with Gasteiger partial charge < -0.3 is 5.32 Å². The molecule has 2 aliphatic carbocycles. The van der Waals surface area contributed by atoms with Crippen molar-refractivity contribution in [3.05, 3.63) is 34.9 Å². The van der Waals surface area contributed by atoms with Crippen LogP contribution in [-0.4, -0.2) is 12.6 Å². The fourth-order valence-corrected chi connectivity index (χ4v) is 4.16. The van der Waals surface area contributed by atoms with Gasteiger partial charge in [0.15, 0.2) is 0 Å². The van der Waals surface area contributed by atoms with Crippen LogP contribution < -0.4 is 5.32 Å². The first-order chi connectivity index (χ1) is 10.2. The molecule has 1 aromatic rings. The lowest BCUT2D eigenvalue weighted by Gasteiger charge is -2.37. The molecular formula is C20H31N. The molecule has 1 N–H and O–H groups in total. The van der Waals surface area contributed by atoms with Crippen LogP contribution in [0.1, 0.15) is 68.1 Å². The maximum atomic E-state index is 3.79. The van der Waals surface area contributed by atoms with Gasteiger partial charge in [-0.25, -0.2) is 0 Å². The van der Waals surface area contributed by atoms with E-state index in [0.717, 1.165) is 23.8 Å². The number of aryl methyl sites for hydroxylation is 2. The molecule has 3 unspecified atom stereocenters. The second kappa shape index (κ2) is 6.52. The van der Waals surface area contributed by atoms with Crippen LogP contribution in [0, 0.1) is 25.7 Å². The van der Waals surface area contributed by atoms with E-state index >= 15 is 0 Å². The van der Waals surface area contributed by atoms with Gasteiger partial charge in [0.05, 0.1) is 0 Å². The quantitative estimate of drug-likeness (QED) is 0.806. The van der Waals surface area contributed by atoms with Crippen molar-refractivity contribution in [1.29, 1.82) is 0 Å². The molecule has 116 valence electrons. The molecule has 0 amide bonds. The first-order valence-electron chi connectivity index (χ1n) is 8.98. The molecule has 3 rings (SSSR count). The van der Waals surface area contributed by atoms with Crippen molar-refractivity contribution < 1.29 is 0 Å². The second-order valence-corrected chi connectivity index (χ2v) is 7.50. The maximum Gasteiger partial charge on any atom is 0.00683 e. The van der Waals surface area contributed by atoms with Crippen LogP contribution in [0.25, 0.3) is 0 Å². The minimum atomic E-state index is 0.774. The maximum absolute atomic E-state index is 3.79. The molecule has 2 aliphatic rings. The topological polar surface area (TPSA) is 12.0 Å². The summed E-state index contributed by atoms with van der Waals surface area (Å²) in [5, 5.41) is 3.79. The number of hydrogen-bond acceptors (Lipinski definition) is 1. The third-order valence-corrected chi connectivity index (χ3v) is 5.75. The van der Waals surface area contributed by atoms with E-state index in [1.165, 1.54) is 56.2 Å². The van der Waals surface area contributed by atoms with Crippen LogP contribution in [-0.2, 0) is 0 Å². The standard InChI is InChI=1S/C20H31N/c1-4-16-6-7-17(13-21-18-8-9-18)20(12-16)19-10-5-14(2)11-15(19)3/h5,10-11,16-18,20-21H,4,6-9,12-13H2,1-3H3. The Bertz CT molecular complexity index is 475. The van der Waals surface area contributed by atoms with E-state index in [-0.39, 0.29) is 0 Å². The second-order valence-electron chi connectivity index (χ2n) is 7.50. The van der Waals surface area contributed by atoms with E-state index in [4.69, 9.17) is 0 Å². The predicted molar refractivity (Wildman–Crippen MR) is 90.8 cm³/mol. The highest BCUT2D eigenvalue weighted by atomic mass is 14.9. The van der Waals surface area contributed by atoms with Crippen molar-refractivity contribution in [2.75, 3.05) is 6.54 Å². The Morgan fingerprint density at radius 1 is 1.10 bits per heavy atom. The van der Waals surface area contributed by atoms with E-state index in [0.29, 0.717) is 0 Å². The Balaban J connectivity index is 1.77. The smallest absolute Gasteiger partial charge is 0.00683 e. The van der Waals surface area contributed by atoms with Gasteiger partial charge in [-0.3, -0.25) is 0 Å². The van der Waals surface area contributed by atoms with E-state index in [2.05, 4.69) is 44.3 Å². The molecule has 0 spiro atoms. The van der Waals surface area contributed by atoms with Gasteiger partial charge in [-0.15, -0.1) is 0 Å². The minimum absolute atomic E-state index is 0.774. The van der Waals surface area contributed by atoms with Crippen molar-refractivity contribution >= 4 is 0 Å². The van der Waals surface area contributed by atoms with Crippen molar-refractivity contribution in [3.63, 3.8) is 0 Å². The fraction of sp³-hybridized carbons (Fsp3) is 0.700. The Morgan fingerprint density at radius 3 is 2.57 bits per heavy atom. The zero-order chi connectivity index (χ0) is 14.8. The van der Waals surface area contributed by atoms with Gasteiger partial charge in [-0.1, -0.05) is 43.5 Å². The average Bonchev–Trinajstić information content (AvgIpc) is 3.29. The highest BCUT2D eigenvalue weighted by molar-refractivity contribution is 5.34. The summed E-state index contributed by atoms with van der Waals surface area (Å²) in [4.78, 5) is 0. The lowest BCUT2D eigenvalue weighted by molar-refractivity contribution is 0.225. The number of rotatable bonds is 5. The van der Waals surface area contributed by atoms with E-state index in [1.54, 1.807) is 5.56 Å². The van der Waals surface area contributed by atoms with Gasteiger partial charge in [0.25, 0.3) is 0 Å². The van der Waals surface area contributed by atoms with Gasteiger partial charge in [0.1, 0.15) is 0 Å². The third-order valence-electron chi connectivity index (χ3n) is 5.75. The van der Waals surface area contributed by atoms with Crippen molar-refractivity contribution in [2.45, 2.75) is 71.3 Å². The van der Waals surface area contributed by atoms with Crippen LogP contribution in [0.2, 0.25) is 0 Å². The van der Waals surface area contributed by atoms with E-state index in [9.17, 15) is 0 Å². The molecule has 2 saturated carbocycles. The van der Waals surface area contributed by atoms with Crippen molar-refractivity contribution in [1.82, 2.24) is 5.32 Å². The van der Waals surface area contributed by atoms with Gasteiger partial charge in [-0.2, -0.15) is 0 Å². The van der Waals surface area contributed by atoms with Crippen LogP contribution in [0.3, 0.4) is 0 Å². The fourth-order valence-electron chi connectivity index (χ4n) is 4.16. The van der Waals surface area contributed by atoms with E-state index in [1.807, 2.05) is 0 Å². The predicted octanol–water partition coefficient (Wildman–Crippen LogP) is 4.97. The molecule has 3 atom stereocenters. The molecular weight excluding hydrogens is 254 g/mol. The molecule has 0 bridgehead atoms.